The van der Waals surface area contributed by atoms with Crippen molar-refractivity contribution in [1.29, 1.82) is 0 Å². The van der Waals surface area contributed by atoms with Gasteiger partial charge in [-0.2, -0.15) is 0 Å². The van der Waals surface area contributed by atoms with Crippen molar-refractivity contribution in [2.45, 2.75) is 0 Å². The van der Waals surface area contributed by atoms with Crippen LogP contribution in [0.4, 0.5) is 4.39 Å². The van der Waals surface area contributed by atoms with Crippen molar-refractivity contribution in [2.75, 3.05) is 0 Å². The minimum absolute atomic E-state index is 0.340. The minimum atomic E-state index is -0.625. The Hall–Kier alpha value is -1.28. The molecule has 2 aromatic rings. The molecule has 0 aromatic heterocycles. The first kappa shape index (κ1) is 8.32. The first-order chi connectivity index (χ1) is 6.20. The summed E-state index contributed by atoms with van der Waals surface area (Å²) >= 11 is 5.83. The van der Waals surface area contributed by atoms with E-state index < -0.39 is 5.82 Å². The Balaban J connectivity index is 2.94. The van der Waals surface area contributed by atoms with Gasteiger partial charge in [0.15, 0.2) is 11.6 Å². The van der Waals surface area contributed by atoms with Crippen LogP contribution >= 0.6 is 11.6 Å². The lowest BCUT2D eigenvalue weighted by atomic mass is 10.1. The Labute approximate surface area is 79.4 Å². The normalized spacial score (nSPS) is 10.6. The van der Waals surface area contributed by atoms with E-state index in [2.05, 4.69) is 0 Å². The average Bonchev–Trinajstić information content (AvgIpc) is 2.12. The minimum Gasteiger partial charge on any atom is -0.505 e. The van der Waals surface area contributed by atoms with Gasteiger partial charge in [-0.3, -0.25) is 0 Å². The molecular weight excluding hydrogens is 191 g/mol. The summed E-state index contributed by atoms with van der Waals surface area (Å²) in [6.07, 6.45) is 0. The van der Waals surface area contributed by atoms with E-state index >= 15 is 0 Å². The lowest BCUT2D eigenvalue weighted by molar-refractivity contribution is 0.436. The van der Waals surface area contributed by atoms with Crippen LogP contribution in [0, 0.1) is 5.82 Å². The molecule has 2 aromatic carbocycles. The van der Waals surface area contributed by atoms with Crippen LogP contribution in [0.25, 0.3) is 10.8 Å². The van der Waals surface area contributed by atoms with E-state index in [1.165, 1.54) is 6.07 Å². The molecule has 0 atom stereocenters. The molecule has 0 saturated carbocycles. The van der Waals surface area contributed by atoms with Crippen molar-refractivity contribution < 1.29 is 9.50 Å². The van der Waals surface area contributed by atoms with Gasteiger partial charge in [-0.15, -0.1) is 0 Å². The predicted octanol–water partition coefficient (Wildman–Crippen LogP) is 3.34. The summed E-state index contributed by atoms with van der Waals surface area (Å²) < 4.78 is 13.3. The number of fused-ring (bicyclic) bond motifs is 1. The average molecular weight is 197 g/mol. The standard InChI is InChI=1S/C10H6ClFO/c11-8-3-1-2-7-6(8)4-5-9(13)10(7)12/h1-5,13H. The molecular formula is C10H6ClFO. The van der Waals surface area contributed by atoms with Crippen LogP contribution in [0.1, 0.15) is 0 Å². The highest BCUT2D eigenvalue weighted by Crippen LogP contribution is 2.29. The summed E-state index contributed by atoms with van der Waals surface area (Å²) in [4.78, 5) is 0. The van der Waals surface area contributed by atoms with E-state index in [0.29, 0.717) is 15.8 Å². The molecule has 2 rings (SSSR count). The van der Waals surface area contributed by atoms with Crippen LogP contribution in [-0.4, -0.2) is 5.11 Å². The molecule has 0 bridgehead atoms. The second-order valence-corrected chi connectivity index (χ2v) is 3.14. The molecule has 0 aliphatic heterocycles. The number of rotatable bonds is 0. The molecule has 0 heterocycles. The maximum Gasteiger partial charge on any atom is 0.172 e. The smallest absolute Gasteiger partial charge is 0.172 e. The van der Waals surface area contributed by atoms with Gasteiger partial charge in [0, 0.05) is 15.8 Å². The molecule has 0 unspecified atom stereocenters. The molecule has 0 fully saturated rings. The van der Waals surface area contributed by atoms with Crippen molar-refractivity contribution in [2.24, 2.45) is 0 Å². The quantitative estimate of drug-likeness (QED) is 0.685. The van der Waals surface area contributed by atoms with Crippen molar-refractivity contribution in [3.8, 4) is 5.75 Å². The van der Waals surface area contributed by atoms with Gasteiger partial charge in [-0.1, -0.05) is 23.7 Å². The summed E-state index contributed by atoms with van der Waals surface area (Å²) in [5.74, 6) is -0.977. The van der Waals surface area contributed by atoms with Crippen molar-refractivity contribution in [3.05, 3.63) is 41.2 Å². The Bertz CT molecular complexity index is 468. The SMILES string of the molecule is Oc1ccc2c(Cl)cccc2c1F. The van der Waals surface area contributed by atoms with E-state index in [-0.39, 0.29) is 5.75 Å². The maximum absolute atomic E-state index is 13.3. The summed E-state index contributed by atoms with van der Waals surface area (Å²) in [5.41, 5.74) is 0. The Morgan fingerprint density at radius 2 is 1.85 bits per heavy atom. The molecule has 66 valence electrons. The molecule has 0 saturated heterocycles. The third-order valence-corrected chi connectivity index (χ3v) is 2.25. The van der Waals surface area contributed by atoms with Crippen LogP contribution in [-0.2, 0) is 0 Å². The molecule has 0 radical (unpaired) electrons. The van der Waals surface area contributed by atoms with Gasteiger partial charge < -0.3 is 5.11 Å². The van der Waals surface area contributed by atoms with Crippen molar-refractivity contribution in [3.63, 3.8) is 0 Å². The Morgan fingerprint density at radius 3 is 2.62 bits per heavy atom. The molecule has 1 N–H and O–H groups in total. The highest BCUT2D eigenvalue weighted by molar-refractivity contribution is 6.35. The monoisotopic (exact) mass is 196 g/mol. The molecule has 13 heavy (non-hydrogen) atoms. The predicted molar refractivity (Wildman–Crippen MR) is 50.6 cm³/mol. The lowest BCUT2D eigenvalue weighted by Gasteiger charge is -2.02. The van der Waals surface area contributed by atoms with Crippen molar-refractivity contribution in [1.82, 2.24) is 0 Å². The molecule has 0 amide bonds. The van der Waals surface area contributed by atoms with Crippen molar-refractivity contribution >= 4 is 22.4 Å². The van der Waals surface area contributed by atoms with Crippen LogP contribution < -0.4 is 0 Å². The van der Waals surface area contributed by atoms with Gasteiger partial charge in [0.2, 0.25) is 0 Å². The zero-order valence-corrected chi connectivity index (χ0v) is 7.35. The van der Waals surface area contributed by atoms with Crippen LogP contribution in [0.2, 0.25) is 5.02 Å². The third kappa shape index (κ3) is 1.23. The molecule has 0 aliphatic rings. The fourth-order valence-corrected chi connectivity index (χ4v) is 1.51. The maximum atomic E-state index is 13.3. The Kier molecular flexibility index (Phi) is 1.85. The summed E-state index contributed by atoms with van der Waals surface area (Å²) in [7, 11) is 0. The second-order valence-electron chi connectivity index (χ2n) is 2.73. The van der Waals surface area contributed by atoms with Crippen LogP contribution in [0.5, 0.6) is 5.75 Å². The van der Waals surface area contributed by atoms with E-state index in [4.69, 9.17) is 16.7 Å². The number of aromatic hydroxyl groups is 1. The topological polar surface area (TPSA) is 20.2 Å². The highest BCUT2D eigenvalue weighted by Gasteiger charge is 2.07. The molecule has 0 spiro atoms. The first-order valence-corrected chi connectivity index (χ1v) is 4.13. The van der Waals surface area contributed by atoms with Gasteiger partial charge >= 0.3 is 0 Å². The summed E-state index contributed by atoms with van der Waals surface area (Å²) in [6, 6.07) is 7.80. The van der Waals surface area contributed by atoms with Gasteiger partial charge in [0.1, 0.15) is 0 Å². The van der Waals surface area contributed by atoms with Crippen LogP contribution in [0.15, 0.2) is 30.3 Å². The number of hydrogen-bond donors (Lipinski definition) is 1. The molecule has 0 aliphatic carbocycles. The van der Waals surface area contributed by atoms with Gasteiger partial charge in [0.25, 0.3) is 0 Å². The fraction of sp³-hybridized carbons (Fsp3) is 0. The highest BCUT2D eigenvalue weighted by atomic mass is 35.5. The summed E-state index contributed by atoms with van der Waals surface area (Å²) in [6.45, 7) is 0. The largest absolute Gasteiger partial charge is 0.505 e. The number of benzene rings is 2. The van der Waals surface area contributed by atoms with E-state index in [1.807, 2.05) is 0 Å². The fourth-order valence-electron chi connectivity index (χ4n) is 1.27. The number of phenolic OH excluding ortho intramolecular Hbond substituents is 1. The molecule has 3 heteroatoms. The van der Waals surface area contributed by atoms with Gasteiger partial charge in [-0.05, 0) is 18.2 Å². The second kappa shape index (κ2) is 2.89. The van der Waals surface area contributed by atoms with E-state index in [1.54, 1.807) is 24.3 Å². The number of phenols is 1. The third-order valence-electron chi connectivity index (χ3n) is 1.92. The first-order valence-electron chi connectivity index (χ1n) is 3.76. The lowest BCUT2D eigenvalue weighted by Crippen LogP contribution is -1.81. The Morgan fingerprint density at radius 1 is 1.08 bits per heavy atom. The number of hydrogen-bond acceptors (Lipinski definition) is 1. The zero-order chi connectivity index (χ0) is 9.42. The molecule has 1 nitrogen and oxygen atoms in total. The number of halogens is 2. The van der Waals surface area contributed by atoms with Gasteiger partial charge in [0.05, 0.1) is 0 Å². The zero-order valence-electron chi connectivity index (χ0n) is 6.59. The van der Waals surface area contributed by atoms with Gasteiger partial charge in [-0.25, -0.2) is 4.39 Å². The van der Waals surface area contributed by atoms with E-state index in [9.17, 15) is 4.39 Å². The summed E-state index contributed by atoms with van der Waals surface area (Å²) in [5, 5.41) is 10.5. The van der Waals surface area contributed by atoms with Crippen LogP contribution in [0.3, 0.4) is 0 Å². The van der Waals surface area contributed by atoms with E-state index in [0.717, 1.165) is 0 Å².